The second-order valence-corrected chi connectivity index (χ2v) is 10.1. The first-order chi connectivity index (χ1) is 14.8. The van der Waals surface area contributed by atoms with E-state index in [1.165, 1.54) is 23.3 Å². The van der Waals surface area contributed by atoms with Crippen LogP contribution in [-0.4, -0.2) is 50.5 Å². The number of carbonyl (C=O) groups excluding carboxylic acids is 2. The van der Waals surface area contributed by atoms with E-state index in [2.05, 4.69) is 41.4 Å². The first-order valence-electron chi connectivity index (χ1n) is 10.6. The summed E-state index contributed by atoms with van der Waals surface area (Å²) in [6, 6.07) is 14.7. The standard InChI is InChI=1S/C23H27N3O4S/c1-17-4-6-18(7-5-17)21(25-13-2-3-14-25)16-24-23(28)19-8-10-20(11-9-19)26-22(27)12-15-31(26,29)30/h4-11,21H,2-3,12-16H2,1H3,(H,24,28). The maximum absolute atomic E-state index is 12.7. The van der Waals surface area contributed by atoms with E-state index in [0.717, 1.165) is 30.2 Å². The maximum atomic E-state index is 12.7. The van der Waals surface area contributed by atoms with Crippen LogP contribution in [0, 0.1) is 6.92 Å². The summed E-state index contributed by atoms with van der Waals surface area (Å²) < 4.78 is 25.0. The van der Waals surface area contributed by atoms with Gasteiger partial charge in [-0.05, 0) is 62.7 Å². The van der Waals surface area contributed by atoms with Gasteiger partial charge >= 0.3 is 0 Å². The molecule has 2 heterocycles. The molecule has 164 valence electrons. The highest BCUT2D eigenvalue weighted by Gasteiger charge is 2.36. The number of sulfonamides is 1. The van der Waals surface area contributed by atoms with Crippen molar-refractivity contribution in [3.63, 3.8) is 0 Å². The van der Waals surface area contributed by atoms with Crippen LogP contribution in [0.25, 0.3) is 0 Å². The van der Waals surface area contributed by atoms with E-state index in [-0.39, 0.29) is 29.8 Å². The number of hydrogen-bond donors (Lipinski definition) is 1. The van der Waals surface area contributed by atoms with Crippen LogP contribution < -0.4 is 9.62 Å². The van der Waals surface area contributed by atoms with Gasteiger partial charge in [-0.1, -0.05) is 29.8 Å². The third-order valence-corrected chi connectivity index (χ3v) is 7.63. The number of carbonyl (C=O) groups is 2. The molecule has 8 heteroatoms. The van der Waals surface area contributed by atoms with Crippen molar-refractivity contribution in [2.45, 2.75) is 32.2 Å². The average Bonchev–Trinajstić information content (AvgIpc) is 3.37. The van der Waals surface area contributed by atoms with Crippen LogP contribution in [0.5, 0.6) is 0 Å². The van der Waals surface area contributed by atoms with Crippen LogP contribution in [0.15, 0.2) is 48.5 Å². The largest absolute Gasteiger partial charge is 0.350 e. The van der Waals surface area contributed by atoms with E-state index >= 15 is 0 Å². The highest BCUT2D eigenvalue weighted by atomic mass is 32.2. The SMILES string of the molecule is Cc1ccc(C(CNC(=O)c2ccc(N3C(=O)CCS3(=O)=O)cc2)N2CCCC2)cc1. The number of rotatable bonds is 6. The highest BCUT2D eigenvalue weighted by Crippen LogP contribution is 2.26. The van der Waals surface area contributed by atoms with E-state index in [1.807, 2.05) is 0 Å². The molecule has 2 amide bonds. The van der Waals surface area contributed by atoms with Gasteiger partial charge in [0.05, 0.1) is 17.5 Å². The normalized spacial score (nSPS) is 19.5. The molecule has 0 spiro atoms. The zero-order valence-corrected chi connectivity index (χ0v) is 18.4. The Morgan fingerprint density at radius 2 is 1.68 bits per heavy atom. The minimum atomic E-state index is -3.61. The van der Waals surface area contributed by atoms with E-state index in [9.17, 15) is 18.0 Å². The van der Waals surface area contributed by atoms with E-state index in [4.69, 9.17) is 0 Å². The number of nitrogens with zero attached hydrogens (tertiary/aromatic N) is 2. The molecular formula is C23H27N3O4S. The molecule has 1 N–H and O–H groups in total. The predicted molar refractivity (Wildman–Crippen MR) is 119 cm³/mol. The summed E-state index contributed by atoms with van der Waals surface area (Å²) >= 11 is 0. The summed E-state index contributed by atoms with van der Waals surface area (Å²) in [5, 5.41) is 3.02. The first kappa shape index (κ1) is 21.5. The van der Waals surface area contributed by atoms with E-state index in [1.54, 1.807) is 12.1 Å². The van der Waals surface area contributed by atoms with Crippen molar-refractivity contribution >= 4 is 27.5 Å². The minimum Gasteiger partial charge on any atom is -0.350 e. The summed E-state index contributed by atoms with van der Waals surface area (Å²) in [4.78, 5) is 27.1. The monoisotopic (exact) mass is 441 g/mol. The van der Waals surface area contributed by atoms with Crippen molar-refractivity contribution < 1.29 is 18.0 Å². The number of aryl methyl sites for hydroxylation is 1. The molecule has 0 radical (unpaired) electrons. The Morgan fingerprint density at radius 1 is 1.03 bits per heavy atom. The Hall–Kier alpha value is -2.71. The zero-order chi connectivity index (χ0) is 22.0. The molecule has 0 saturated carbocycles. The van der Waals surface area contributed by atoms with Gasteiger partial charge < -0.3 is 5.32 Å². The van der Waals surface area contributed by atoms with Crippen molar-refractivity contribution in [3.8, 4) is 0 Å². The van der Waals surface area contributed by atoms with Gasteiger partial charge in [0.15, 0.2) is 0 Å². The molecule has 0 aliphatic carbocycles. The molecule has 7 nitrogen and oxygen atoms in total. The van der Waals surface area contributed by atoms with Crippen molar-refractivity contribution in [1.82, 2.24) is 10.2 Å². The lowest BCUT2D eigenvalue weighted by Gasteiger charge is -2.28. The van der Waals surface area contributed by atoms with Crippen LogP contribution in [0.3, 0.4) is 0 Å². The second kappa shape index (κ2) is 8.80. The maximum Gasteiger partial charge on any atom is 0.251 e. The van der Waals surface area contributed by atoms with Gasteiger partial charge in [-0.15, -0.1) is 0 Å². The van der Waals surface area contributed by atoms with Gasteiger partial charge in [0.25, 0.3) is 5.91 Å². The molecule has 2 saturated heterocycles. The molecule has 4 rings (SSSR count). The Balaban J connectivity index is 1.45. The van der Waals surface area contributed by atoms with Crippen LogP contribution >= 0.6 is 0 Å². The van der Waals surface area contributed by atoms with Crippen LogP contribution in [0.2, 0.25) is 0 Å². The van der Waals surface area contributed by atoms with Crippen LogP contribution in [0.4, 0.5) is 5.69 Å². The third kappa shape index (κ3) is 4.65. The molecule has 1 unspecified atom stereocenters. The number of anilines is 1. The van der Waals surface area contributed by atoms with E-state index in [0.29, 0.717) is 12.1 Å². The fraction of sp³-hybridized carbons (Fsp3) is 0.391. The topological polar surface area (TPSA) is 86.8 Å². The molecule has 31 heavy (non-hydrogen) atoms. The lowest BCUT2D eigenvalue weighted by Crippen LogP contribution is -2.36. The third-order valence-electron chi connectivity index (χ3n) is 5.94. The fourth-order valence-corrected chi connectivity index (χ4v) is 5.67. The quantitative estimate of drug-likeness (QED) is 0.745. The fourth-order valence-electron chi connectivity index (χ4n) is 4.21. The Kier molecular flexibility index (Phi) is 6.11. The van der Waals surface area contributed by atoms with Crippen LogP contribution in [-0.2, 0) is 14.8 Å². The zero-order valence-electron chi connectivity index (χ0n) is 17.6. The molecule has 2 aromatic carbocycles. The van der Waals surface area contributed by atoms with Gasteiger partial charge in [0.2, 0.25) is 15.9 Å². The summed E-state index contributed by atoms with van der Waals surface area (Å²) in [5.74, 6) is -0.840. The summed E-state index contributed by atoms with van der Waals surface area (Å²) in [6.45, 7) is 4.58. The number of benzene rings is 2. The van der Waals surface area contributed by atoms with Gasteiger partial charge in [-0.25, -0.2) is 12.7 Å². The van der Waals surface area contributed by atoms with Gasteiger partial charge in [-0.2, -0.15) is 0 Å². The summed E-state index contributed by atoms with van der Waals surface area (Å²) in [6.07, 6.45) is 2.31. The number of likely N-dealkylation sites (tertiary alicyclic amines) is 1. The van der Waals surface area contributed by atoms with Gasteiger partial charge in [0.1, 0.15) is 0 Å². The second-order valence-electron chi connectivity index (χ2n) is 8.15. The summed E-state index contributed by atoms with van der Waals surface area (Å²) in [7, 11) is -3.61. The first-order valence-corrected chi connectivity index (χ1v) is 12.2. The van der Waals surface area contributed by atoms with Crippen molar-refractivity contribution in [2.75, 3.05) is 29.7 Å². The van der Waals surface area contributed by atoms with Gasteiger partial charge in [0, 0.05) is 18.5 Å². The van der Waals surface area contributed by atoms with Crippen molar-refractivity contribution in [2.24, 2.45) is 0 Å². The molecule has 2 aliphatic rings. The van der Waals surface area contributed by atoms with Gasteiger partial charge in [-0.3, -0.25) is 14.5 Å². The predicted octanol–water partition coefficient (Wildman–Crippen LogP) is 2.63. The average molecular weight is 442 g/mol. The highest BCUT2D eigenvalue weighted by molar-refractivity contribution is 7.94. The minimum absolute atomic E-state index is 0.0124. The molecule has 2 fully saturated rings. The Morgan fingerprint density at radius 3 is 2.26 bits per heavy atom. The number of hydrogen-bond acceptors (Lipinski definition) is 5. The molecule has 0 bridgehead atoms. The molecule has 2 aromatic rings. The lowest BCUT2D eigenvalue weighted by atomic mass is 10.0. The molecular weight excluding hydrogens is 414 g/mol. The van der Waals surface area contributed by atoms with Crippen molar-refractivity contribution in [1.29, 1.82) is 0 Å². The smallest absolute Gasteiger partial charge is 0.251 e. The number of nitrogens with one attached hydrogen (secondary N) is 1. The molecule has 1 atom stereocenters. The summed E-state index contributed by atoms with van der Waals surface area (Å²) in [5.41, 5.74) is 3.08. The molecule has 0 aromatic heterocycles. The Bertz CT molecular complexity index is 1060. The lowest BCUT2D eigenvalue weighted by molar-refractivity contribution is -0.116. The molecule has 2 aliphatic heterocycles. The van der Waals surface area contributed by atoms with Crippen LogP contribution in [0.1, 0.15) is 46.8 Å². The van der Waals surface area contributed by atoms with E-state index < -0.39 is 15.9 Å². The van der Waals surface area contributed by atoms with Crippen molar-refractivity contribution in [3.05, 3.63) is 65.2 Å². The number of amides is 2. The Labute approximate surface area is 183 Å².